The maximum absolute atomic E-state index is 12.8. The first-order valence-corrected chi connectivity index (χ1v) is 11.0. The number of carboxylic acid groups (broad SMARTS) is 1. The minimum absolute atomic E-state index is 0.0246. The fourth-order valence-electron chi connectivity index (χ4n) is 3.71. The monoisotopic (exact) mass is 440 g/mol. The van der Waals surface area contributed by atoms with Gasteiger partial charge in [-0.05, 0) is 43.7 Å². The summed E-state index contributed by atoms with van der Waals surface area (Å²) in [6, 6.07) is 3.51. The maximum atomic E-state index is 12.8. The fraction of sp³-hybridized carbons (Fsp3) is 0.588. The van der Waals surface area contributed by atoms with Crippen molar-refractivity contribution in [3.8, 4) is 0 Å². The Morgan fingerprint density at radius 1 is 1.32 bits per heavy atom. The first kappa shape index (κ1) is 22.9. The van der Waals surface area contributed by atoms with Crippen molar-refractivity contribution in [1.82, 2.24) is 9.21 Å². The number of hydrogen-bond acceptors (Lipinski definition) is 5. The number of hydrogen-bond donors (Lipinski definition) is 1. The van der Waals surface area contributed by atoms with Gasteiger partial charge in [-0.15, -0.1) is 17.9 Å². The van der Waals surface area contributed by atoms with Gasteiger partial charge in [0.25, 0.3) is 10.0 Å². The lowest BCUT2D eigenvalue weighted by Crippen LogP contribution is -2.56. The van der Waals surface area contributed by atoms with Crippen LogP contribution in [0.15, 0.2) is 34.4 Å². The second-order valence-corrected chi connectivity index (χ2v) is 9.85. The quantitative estimate of drug-likeness (QED) is 0.728. The average molecular weight is 441 g/mol. The lowest BCUT2D eigenvalue weighted by Gasteiger charge is -2.45. The highest BCUT2D eigenvalue weighted by atomic mass is 32.2. The van der Waals surface area contributed by atoms with Gasteiger partial charge in [-0.1, -0.05) is 12.1 Å². The molecule has 0 bridgehead atoms. The molecule has 3 heterocycles. The van der Waals surface area contributed by atoms with E-state index in [1.54, 1.807) is 16.4 Å². The Bertz CT molecular complexity index is 781. The highest BCUT2D eigenvalue weighted by Crippen LogP contribution is 2.39. The molecule has 28 heavy (non-hydrogen) atoms. The molecular weight excluding hydrogens is 417 g/mol. The standard InChI is InChI=1S/C15H22N2O2S2.C2HF3O2/c1-2-9-16-10-4-7-15(16)8-5-11-17(13-15)21(18,19)14-6-3-12-20-14;3-2(4,5)1(6)7/h2-3,6,12H,1,4-5,7-11,13H2;(H,6,7). The van der Waals surface area contributed by atoms with Gasteiger partial charge in [-0.3, -0.25) is 4.90 Å². The molecule has 1 atom stereocenters. The lowest BCUT2D eigenvalue weighted by atomic mass is 9.87. The molecule has 158 valence electrons. The molecule has 1 N–H and O–H groups in total. The number of carboxylic acids is 1. The minimum Gasteiger partial charge on any atom is -0.475 e. The number of rotatable bonds is 4. The first-order valence-electron chi connectivity index (χ1n) is 8.73. The number of alkyl halides is 3. The van der Waals surface area contributed by atoms with E-state index >= 15 is 0 Å². The van der Waals surface area contributed by atoms with Crippen molar-refractivity contribution in [1.29, 1.82) is 0 Å². The number of halogens is 3. The van der Waals surface area contributed by atoms with E-state index in [2.05, 4.69) is 11.5 Å². The van der Waals surface area contributed by atoms with Crippen LogP contribution in [0.25, 0.3) is 0 Å². The summed E-state index contributed by atoms with van der Waals surface area (Å²) in [7, 11) is -3.32. The molecular formula is C17H23F3N2O4S2. The predicted octanol–water partition coefficient (Wildman–Crippen LogP) is 3.19. The second kappa shape index (κ2) is 8.93. The van der Waals surface area contributed by atoms with E-state index in [-0.39, 0.29) is 5.54 Å². The van der Waals surface area contributed by atoms with Crippen LogP contribution in [0.2, 0.25) is 0 Å². The third-order valence-electron chi connectivity index (χ3n) is 4.94. The number of sulfonamides is 1. The van der Waals surface area contributed by atoms with Gasteiger partial charge in [0, 0.05) is 25.2 Å². The zero-order valence-corrected chi connectivity index (χ0v) is 16.8. The van der Waals surface area contributed by atoms with E-state index in [1.165, 1.54) is 11.3 Å². The molecule has 11 heteroatoms. The van der Waals surface area contributed by atoms with Crippen molar-refractivity contribution in [3.63, 3.8) is 0 Å². The summed E-state index contributed by atoms with van der Waals surface area (Å²) < 4.78 is 59.4. The van der Waals surface area contributed by atoms with E-state index in [1.807, 2.05) is 11.5 Å². The normalized spacial score (nSPS) is 24.0. The van der Waals surface area contributed by atoms with Gasteiger partial charge in [0.05, 0.1) is 0 Å². The molecule has 0 aliphatic carbocycles. The fourth-order valence-corrected chi connectivity index (χ4v) is 6.41. The summed E-state index contributed by atoms with van der Waals surface area (Å²) >= 11 is 1.31. The molecule has 1 unspecified atom stereocenters. The summed E-state index contributed by atoms with van der Waals surface area (Å²) in [5.41, 5.74) is 0.0246. The summed E-state index contributed by atoms with van der Waals surface area (Å²) in [6.45, 7) is 7.02. The zero-order chi connectivity index (χ0) is 21.0. The van der Waals surface area contributed by atoms with Crippen molar-refractivity contribution in [2.24, 2.45) is 0 Å². The van der Waals surface area contributed by atoms with Gasteiger partial charge in [-0.2, -0.15) is 17.5 Å². The van der Waals surface area contributed by atoms with E-state index in [0.29, 0.717) is 17.3 Å². The molecule has 1 aromatic heterocycles. The summed E-state index contributed by atoms with van der Waals surface area (Å²) in [6.07, 6.45) is 1.13. The van der Waals surface area contributed by atoms with Crippen molar-refractivity contribution in [2.75, 3.05) is 26.2 Å². The van der Waals surface area contributed by atoms with E-state index in [0.717, 1.165) is 38.8 Å². The third kappa shape index (κ3) is 5.13. The number of likely N-dealkylation sites (tertiary alicyclic amines) is 1. The molecule has 1 spiro atoms. The van der Waals surface area contributed by atoms with E-state index in [9.17, 15) is 21.6 Å². The average Bonchev–Trinajstić information content (AvgIpc) is 3.27. The van der Waals surface area contributed by atoms with Crippen molar-refractivity contribution >= 4 is 27.3 Å². The van der Waals surface area contributed by atoms with Crippen LogP contribution in [0.5, 0.6) is 0 Å². The zero-order valence-electron chi connectivity index (χ0n) is 15.2. The molecule has 3 rings (SSSR count). The van der Waals surface area contributed by atoms with Crippen LogP contribution in [-0.2, 0) is 14.8 Å². The molecule has 0 amide bonds. The number of aliphatic carboxylic acids is 1. The largest absolute Gasteiger partial charge is 0.490 e. The van der Waals surface area contributed by atoms with Crippen LogP contribution in [0, 0.1) is 0 Å². The first-order chi connectivity index (χ1) is 13.0. The Kier molecular flexibility index (Phi) is 7.29. The van der Waals surface area contributed by atoms with Crippen LogP contribution in [0.3, 0.4) is 0 Å². The molecule has 1 aromatic rings. The topological polar surface area (TPSA) is 77.9 Å². The highest BCUT2D eigenvalue weighted by molar-refractivity contribution is 7.91. The summed E-state index contributed by atoms with van der Waals surface area (Å²) in [5, 5.41) is 8.95. The van der Waals surface area contributed by atoms with Crippen LogP contribution >= 0.6 is 11.3 Å². The maximum Gasteiger partial charge on any atom is 0.490 e. The Hall–Kier alpha value is -1.43. The molecule has 2 aliphatic heterocycles. The van der Waals surface area contributed by atoms with Crippen molar-refractivity contribution < 1.29 is 31.5 Å². The molecule has 2 aliphatic rings. The van der Waals surface area contributed by atoms with Gasteiger partial charge >= 0.3 is 12.1 Å². The van der Waals surface area contributed by atoms with Crippen LogP contribution in [0.1, 0.15) is 25.7 Å². The van der Waals surface area contributed by atoms with Gasteiger partial charge in [0.1, 0.15) is 4.21 Å². The van der Waals surface area contributed by atoms with Gasteiger partial charge in [0.2, 0.25) is 0 Å². The molecule has 0 radical (unpaired) electrons. The number of piperidine rings is 1. The minimum atomic E-state index is -5.08. The van der Waals surface area contributed by atoms with Crippen molar-refractivity contribution in [3.05, 3.63) is 30.2 Å². The van der Waals surface area contributed by atoms with E-state index < -0.39 is 22.2 Å². The predicted molar refractivity (Wildman–Crippen MR) is 99.7 cm³/mol. The Balaban J connectivity index is 0.000000345. The van der Waals surface area contributed by atoms with Gasteiger partial charge < -0.3 is 5.11 Å². The highest BCUT2D eigenvalue weighted by Gasteiger charge is 2.46. The number of thiophene rings is 1. The van der Waals surface area contributed by atoms with E-state index in [4.69, 9.17) is 9.90 Å². The van der Waals surface area contributed by atoms with Crippen molar-refractivity contribution in [2.45, 2.75) is 41.6 Å². The Labute approximate surface area is 166 Å². The molecule has 0 aromatic carbocycles. The van der Waals surface area contributed by atoms with Crippen LogP contribution in [-0.4, -0.2) is 66.6 Å². The SMILES string of the molecule is C=CCN1CCCC12CCCN(S(=O)(=O)c1cccs1)C2.O=C(O)C(F)(F)F. The second-order valence-electron chi connectivity index (χ2n) is 6.74. The molecule has 0 saturated carbocycles. The summed E-state index contributed by atoms with van der Waals surface area (Å²) in [5.74, 6) is -2.76. The third-order valence-corrected chi connectivity index (χ3v) is 8.16. The van der Waals surface area contributed by atoms with Gasteiger partial charge in [-0.25, -0.2) is 13.2 Å². The lowest BCUT2D eigenvalue weighted by molar-refractivity contribution is -0.192. The Morgan fingerprint density at radius 2 is 1.93 bits per heavy atom. The van der Waals surface area contributed by atoms with Crippen LogP contribution in [0.4, 0.5) is 13.2 Å². The van der Waals surface area contributed by atoms with Gasteiger partial charge in [0.15, 0.2) is 0 Å². The summed E-state index contributed by atoms with van der Waals surface area (Å²) in [4.78, 5) is 11.3. The molecule has 2 saturated heterocycles. The molecule has 6 nitrogen and oxygen atoms in total. The molecule has 2 fully saturated rings. The number of nitrogens with zero attached hydrogens (tertiary/aromatic N) is 2. The van der Waals surface area contributed by atoms with Crippen LogP contribution < -0.4 is 0 Å². The Morgan fingerprint density at radius 3 is 2.43 bits per heavy atom. The smallest absolute Gasteiger partial charge is 0.475 e. The number of carbonyl (C=O) groups is 1.